The fraction of sp³-hybridized carbons (Fsp3) is 0.320. The first kappa shape index (κ1) is 24.8. The Balaban J connectivity index is 1.94. The van der Waals surface area contributed by atoms with Gasteiger partial charge in [0.05, 0.1) is 6.54 Å². The summed E-state index contributed by atoms with van der Waals surface area (Å²) < 4.78 is 12.1. The van der Waals surface area contributed by atoms with Gasteiger partial charge >= 0.3 is 5.69 Å². The van der Waals surface area contributed by atoms with Crippen molar-refractivity contribution in [2.45, 2.75) is 26.8 Å². The van der Waals surface area contributed by atoms with Gasteiger partial charge in [0.1, 0.15) is 11.6 Å². The molecular formula is C25H30N4O5. The van der Waals surface area contributed by atoms with Gasteiger partial charge < -0.3 is 20.1 Å². The fourth-order valence-corrected chi connectivity index (χ4v) is 3.57. The Morgan fingerprint density at radius 1 is 1.12 bits per heavy atom. The normalized spacial score (nSPS) is 10.8. The van der Waals surface area contributed by atoms with Crippen LogP contribution < -0.4 is 26.6 Å². The molecule has 1 aromatic heterocycles. The molecule has 34 heavy (non-hydrogen) atoms. The molecule has 0 spiro atoms. The van der Waals surface area contributed by atoms with Gasteiger partial charge in [-0.2, -0.15) is 0 Å². The van der Waals surface area contributed by atoms with Crippen LogP contribution in [0.15, 0.2) is 58.1 Å². The second kappa shape index (κ2) is 11.3. The van der Waals surface area contributed by atoms with Crippen molar-refractivity contribution in [2.75, 3.05) is 37.5 Å². The predicted molar refractivity (Wildman–Crippen MR) is 132 cm³/mol. The number of nitrogen functional groups attached to an aromatic ring is 1. The monoisotopic (exact) mass is 466 g/mol. The smallest absolute Gasteiger partial charge is 0.330 e. The van der Waals surface area contributed by atoms with E-state index in [0.29, 0.717) is 18.8 Å². The first-order valence-corrected chi connectivity index (χ1v) is 11.0. The van der Waals surface area contributed by atoms with E-state index in [0.717, 1.165) is 16.7 Å². The Labute approximate surface area is 197 Å². The van der Waals surface area contributed by atoms with Crippen molar-refractivity contribution in [1.82, 2.24) is 9.55 Å². The second-order valence-electron chi connectivity index (χ2n) is 8.01. The summed E-state index contributed by atoms with van der Waals surface area (Å²) in [6, 6.07) is 14.9. The highest BCUT2D eigenvalue weighted by atomic mass is 16.5. The third-order valence-corrected chi connectivity index (χ3v) is 5.39. The summed E-state index contributed by atoms with van der Waals surface area (Å²) >= 11 is 0. The van der Waals surface area contributed by atoms with E-state index in [1.807, 2.05) is 62.4 Å². The molecule has 0 bridgehead atoms. The Bertz CT molecular complexity index is 1250. The molecule has 0 aliphatic carbocycles. The SMILES string of the molecule is COCCCN(C(=O)COc1cc(C)ccc1C)c1c(N)n(Cc2ccccc2)c(=O)[nH]c1=O. The molecule has 9 heteroatoms. The number of aromatic nitrogens is 2. The molecule has 0 aliphatic rings. The molecule has 0 saturated heterocycles. The van der Waals surface area contributed by atoms with E-state index < -0.39 is 17.2 Å². The summed E-state index contributed by atoms with van der Waals surface area (Å²) in [7, 11) is 1.55. The summed E-state index contributed by atoms with van der Waals surface area (Å²) in [5.74, 6) is 0.0374. The third kappa shape index (κ3) is 5.93. The number of nitrogens with one attached hydrogen (secondary N) is 1. The Morgan fingerprint density at radius 3 is 2.56 bits per heavy atom. The summed E-state index contributed by atoms with van der Waals surface area (Å²) in [5.41, 5.74) is 7.55. The van der Waals surface area contributed by atoms with Crippen molar-refractivity contribution < 1.29 is 14.3 Å². The number of anilines is 2. The molecule has 3 aromatic rings. The number of hydrogen-bond donors (Lipinski definition) is 2. The summed E-state index contributed by atoms with van der Waals surface area (Å²) in [6.45, 7) is 4.21. The van der Waals surface area contributed by atoms with Gasteiger partial charge in [-0.15, -0.1) is 0 Å². The number of aryl methyl sites for hydroxylation is 2. The number of methoxy groups -OCH3 is 1. The van der Waals surface area contributed by atoms with Crippen LogP contribution in [0.4, 0.5) is 11.5 Å². The summed E-state index contributed by atoms with van der Waals surface area (Å²) in [4.78, 5) is 42.1. The van der Waals surface area contributed by atoms with Gasteiger partial charge in [0.25, 0.3) is 11.5 Å². The Kier molecular flexibility index (Phi) is 8.26. The van der Waals surface area contributed by atoms with Crippen LogP contribution in [0.3, 0.4) is 0 Å². The molecule has 2 aromatic carbocycles. The van der Waals surface area contributed by atoms with Crippen LogP contribution in [0, 0.1) is 13.8 Å². The number of carbonyl (C=O) groups is 1. The zero-order valence-electron chi connectivity index (χ0n) is 19.7. The molecule has 3 N–H and O–H groups in total. The number of amides is 1. The van der Waals surface area contributed by atoms with Crippen LogP contribution in [0.1, 0.15) is 23.1 Å². The molecule has 0 saturated carbocycles. The number of rotatable bonds is 10. The van der Waals surface area contributed by atoms with Gasteiger partial charge in [-0.3, -0.25) is 19.1 Å². The van der Waals surface area contributed by atoms with Crippen LogP contribution in [-0.2, 0) is 16.1 Å². The van der Waals surface area contributed by atoms with Gasteiger partial charge in [0.15, 0.2) is 12.3 Å². The lowest BCUT2D eigenvalue weighted by atomic mass is 10.1. The third-order valence-electron chi connectivity index (χ3n) is 5.39. The lowest BCUT2D eigenvalue weighted by Crippen LogP contribution is -2.43. The fourth-order valence-electron chi connectivity index (χ4n) is 3.57. The van der Waals surface area contributed by atoms with Crippen molar-refractivity contribution in [3.05, 3.63) is 86.1 Å². The quantitative estimate of drug-likeness (QED) is 0.442. The van der Waals surface area contributed by atoms with Crippen LogP contribution in [-0.4, -0.2) is 42.3 Å². The molecule has 3 rings (SSSR count). The molecular weight excluding hydrogens is 436 g/mol. The molecule has 0 atom stereocenters. The first-order chi connectivity index (χ1) is 16.3. The van der Waals surface area contributed by atoms with E-state index in [2.05, 4.69) is 4.98 Å². The van der Waals surface area contributed by atoms with E-state index >= 15 is 0 Å². The number of H-pyrrole nitrogens is 1. The number of hydrogen-bond acceptors (Lipinski definition) is 6. The number of aromatic amines is 1. The molecule has 0 fully saturated rings. The summed E-state index contributed by atoms with van der Waals surface area (Å²) in [5, 5.41) is 0. The second-order valence-corrected chi connectivity index (χ2v) is 8.01. The Morgan fingerprint density at radius 2 is 1.85 bits per heavy atom. The molecule has 0 unspecified atom stereocenters. The summed E-state index contributed by atoms with van der Waals surface area (Å²) in [6.07, 6.45) is 0.461. The molecule has 1 amide bonds. The van der Waals surface area contributed by atoms with Crippen molar-refractivity contribution >= 4 is 17.4 Å². The zero-order valence-corrected chi connectivity index (χ0v) is 19.7. The maximum atomic E-state index is 13.2. The predicted octanol–water partition coefficient (Wildman–Crippen LogP) is 2.23. The largest absolute Gasteiger partial charge is 0.483 e. The molecule has 0 radical (unpaired) electrons. The van der Waals surface area contributed by atoms with Gasteiger partial charge in [0.2, 0.25) is 0 Å². The van der Waals surface area contributed by atoms with Gasteiger partial charge in [-0.25, -0.2) is 4.79 Å². The number of nitrogens with zero attached hydrogens (tertiary/aromatic N) is 2. The number of ether oxygens (including phenoxy) is 2. The lowest BCUT2D eigenvalue weighted by Gasteiger charge is -2.25. The molecule has 180 valence electrons. The van der Waals surface area contributed by atoms with E-state index in [1.165, 1.54) is 9.47 Å². The minimum Gasteiger partial charge on any atom is -0.483 e. The average Bonchev–Trinajstić information content (AvgIpc) is 2.81. The minimum atomic E-state index is -0.732. The van der Waals surface area contributed by atoms with Gasteiger partial charge in [0, 0.05) is 20.3 Å². The minimum absolute atomic E-state index is 0.0822. The average molecular weight is 467 g/mol. The standard InChI is InChI=1S/C25H30N4O5/c1-17-10-11-18(2)20(14-17)34-16-21(30)28(12-7-13-33-3)22-23(26)29(25(32)27-24(22)31)15-19-8-5-4-6-9-19/h4-6,8-11,14H,7,12-13,15-16,26H2,1-3H3,(H,27,31,32). The number of nitrogens with two attached hydrogens (primary N) is 1. The maximum absolute atomic E-state index is 13.2. The highest BCUT2D eigenvalue weighted by Gasteiger charge is 2.24. The number of carbonyl (C=O) groups excluding carboxylic acids is 1. The van der Waals surface area contributed by atoms with Gasteiger partial charge in [-0.1, -0.05) is 42.5 Å². The topological polar surface area (TPSA) is 120 Å². The van der Waals surface area contributed by atoms with Crippen molar-refractivity contribution in [1.29, 1.82) is 0 Å². The van der Waals surface area contributed by atoms with Crippen LogP contribution >= 0.6 is 0 Å². The highest BCUT2D eigenvalue weighted by Crippen LogP contribution is 2.21. The molecule has 0 aliphatic heterocycles. The maximum Gasteiger partial charge on any atom is 0.330 e. The van der Waals surface area contributed by atoms with Crippen LogP contribution in [0.25, 0.3) is 0 Å². The van der Waals surface area contributed by atoms with E-state index in [4.69, 9.17) is 15.2 Å². The highest BCUT2D eigenvalue weighted by molar-refractivity contribution is 5.96. The van der Waals surface area contributed by atoms with E-state index in [1.54, 1.807) is 7.11 Å². The molecule has 1 heterocycles. The van der Waals surface area contributed by atoms with E-state index in [9.17, 15) is 14.4 Å². The first-order valence-electron chi connectivity index (χ1n) is 11.0. The van der Waals surface area contributed by atoms with Gasteiger partial charge in [-0.05, 0) is 43.0 Å². The van der Waals surface area contributed by atoms with Crippen LogP contribution in [0.2, 0.25) is 0 Å². The number of benzene rings is 2. The van der Waals surface area contributed by atoms with Crippen molar-refractivity contribution in [3.8, 4) is 5.75 Å². The Hall–Kier alpha value is -3.85. The van der Waals surface area contributed by atoms with E-state index in [-0.39, 0.29) is 31.2 Å². The lowest BCUT2D eigenvalue weighted by molar-refractivity contribution is -0.120. The van der Waals surface area contributed by atoms with Crippen molar-refractivity contribution in [2.24, 2.45) is 0 Å². The van der Waals surface area contributed by atoms with Crippen LogP contribution in [0.5, 0.6) is 5.75 Å². The molecule has 9 nitrogen and oxygen atoms in total. The zero-order chi connectivity index (χ0) is 24.7. The van der Waals surface area contributed by atoms with Crippen molar-refractivity contribution in [3.63, 3.8) is 0 Å².